The Labute approximate surface area is 122 Å². The van der Waals surface area contributed by atoms with E-state index in [2.05, 4.69) is 11.8 Å². The van der Waals surface area contributed by atoms with Crippen molar-refractivity contribution in [3.63, 3.8) is 0 Å². The SMILES string of the molecule is OCCC#Cc1ccccc1CSc1cccc(F)c1. The molecule has 0 radical (unpaired) electrons. The Balaban J connectivity index is 2.08. The van der Waals surface area contributed by atoms with Crippen LogP contribution in [0.15, 0.2) is 53.4 Å². The van der Waals surface area contributed by atoms with Gasteiger partial charge in [-0.15, -0.1) is 11.8 Å². The summed E-state index contributed by atoms with van der Waals surface area (Å²) in [7, 11) is 0. The Bertz CT molecular complexity index is 628. The molecule has 2 rings (SSSR count). The van der Waals surface area contributed by atoms with E-state index in [4.69, 9.17) is 5.11 Å². The van der Waals surface area contributed by atoms with E-state index < -0.39 is 0 Å². The highest BCUT2D eigenvalue weighted by molar-refractivity contribution is 7.98. The Morgan fingerprint density at radius 3 is 2.75 bits per heavy atom. The number of hydrogen-bond donors (Lipinski definition) is 1. The molecule has 0 aliphatic carbocycles. The monoisotopic (exact) mass is 286 g/mol. The standard InChI is InChI=1S/C17H15FOS/c18-16-9-5-10-17(12-16)20-13-15-8-2-1-6-14(15)7-3-4-11-19/h1-2,5-6,8-10,12,19H,4,11,13H2. The Kier molecular flexibility index (Phi) is 5.67. The van der Waals surface area contributed by atoms with Gasteiger partial charge in [0.2, 0.25) is 0 Å². The van der Waals surface area contributed by atoms with Crippen LogP contribution in [0.4, 0.5) is 4.39 Å². The van der Waals surface area contributed by atoms with Crippen LogP contribution in [0.1, 0.15) is 17.5 Å². The van der Waals surface area contributed by atoms with Crippen molar-refractivity contribution in [3.8, 4) is 11.8 Å². The van der Waals surface area contributed by atoms with E-state index in [1.807, 2.05) is 30.3 Å². The largest absolute Gasteiger partial charge is 0.395 e. The van der Waals surface area contributed by atoms with Crippen LogP contribution in [0.25, 0.3) is 0 Å². The van der Waals surface area contributed by atoms with Gasteiger partial charge in [-0.25, -0.2) is 4.39 Å². The lowest BCUT2D eigenvalue weighted by molar-refractivity contribution is 0.305. The Hall–Kier alpha value is -1.76. The highest BCUT2D eigenvalue weighted by Crippen LogP contribution is 2.24. The third kappa shape index (κ3) is 4.41. The minimum absolute atomic E-state index is 0.0766. The second kappa shape index (κ2) is 7.74. The first kappa shape index (κ1) is 14.6. The lowest BCUT2D eigenvalue weighted by Crippen LogP contribution is -1.88. The van der Waals surface area contributed by atoms with Gasteiger partial charge in [-0.2, -0.15) is 0 Å². The van der Waals surface area contributed by atoms with Crippen LogP contribution in [0.3, 0.4) is 0 Å². The van der Waals surface area contributed by atoms with Gasteiger partial charge in [0.05, 0.1) is 6.61 Å². The van der Waals surface area contributed by atoms with E-state index in [9.17, 15) is 4.39 Å². The number of rotatable bonds is 4. The summed E-state index contributed by atoms with van der Waals surface area (Å²) in [6, 6.07) is 14.5. The molecular weight excluding hydrogens is 271 g/mol. The van der Waals surface area contributed by atoms with Crippen molar-refractivity contribution in [3.05, 3.63) is 65.5 Å². The van der Waals surface area contributed by atoms with Crippen molar-refractivity contribution >= 4 is 11.8 Å². The van der Waals surface area contributed by atoms with Gasteiger partial charge in [0.1, 0.15) is 5.82 Å². The highest BCUT2D eigenvalue weighted by atomic mass is 32.2. The molecule has 2 aromatic carbocycles. The predicted octanol–water partition coefficient (Wildman–Crippen LogP) is 3.85. The molecule has 1 nitrogen and oxygen atoms in total. The Morgan fingerprint density at radius 2 is 1.95 bits per heavy atom. The molecular formula is C17H15FOS. The topological polar surface area (TPSA) is 20.2 Å². The van der Waals surface area contributed by atoms with Crippen molar-refractivity contribution in [2.45, 2.75) is 17.1 Å². The molecule has 2 aromatic rings. The van der Waals surface area contributed by atoms with Gasteiger partial charge >= 0.3 is 0 Å². The highest BCUT2D eigenvalue weighted by Gasteiger charge is 2.01. The van der Waals surface area contributed by atoms with Crippen LogP contribution < -0.4 is 0 Å². The minimum atomic E-state index is -0.217. The molecule has 0 heterocycles. The second-order valence-corrected chi connectivity index (χ2v) is 5.23. The zero-order valence-corrected chi connectivity index (χ0v) is 11.8. The van der Waals surface area contributed by atoms with E-state index in [1.165, 1.54) is 12.1 Å². The molecule has 0 atom stereocenters. The van der Waals surface area contributed by atoms with Gasteiger partial charge < -0.3 is 5.11 Å². The van der Waals surface area contributed by atoms with Crippen LogP contribution in [0, 0.1) is 17.7 Å². The summed E-state index contributed by atoms with van der Waals surface area (Å²) in [6.45, 7) is 0.0766. The van der Waals surface area contributed by atoms with Crippen LogP contribution in [-0.4, -0.2) is 11.7 Å². The van der Waals surface area contributed by atoms with Crippen LogP contribution >= 0.6 is 11.8 Å². The zero-order chi connectivity index (χ0) is 14.2. The van der Waals surface area contributed by atoms with Crippen molar-refractivity contribution in [2.75, 3.05) is 6.61 Å². The number of benzene rings is 2. The first-order valence-electron chi connectivity index (χ1n) is 6.35. The number of hydrogen-bond acceptors (Lipinski definition) is 2. The molecule has 0 aliphatic rings. The summed E-state index contributed by atoms with van der Waals surface area (Å²) in [5.74, 6) is 6.52. The van der Waals surface area contributed by atoms with Crippen LogP contribution in [0.2, 0.25) is 0 Å². The van der Waals surface area contributed by atoms with E-state index in [0.717, 1.165) is 21.8 Å². The summed E-state index contributed by atoms with van der Waals surface area (Å²) >= 11 is 1.58. The number of aliphatic hydroxyl groups excluding tert-OH is 1. The van der Waals surface area contributed by atoms with Gasteiger partial charge in [0.15, 0.2) is 0 Å². The van der Waals surface area contributed by atoms with Crippen LogP contribution in [0.5, 0.6) is 0 Å². The van der Waals surface area contributed by atoms with Gasteiger partial charge in [-0.3, -0.25) is 0 Å². The van der Waals surface area contributed by atoms with Gasteiger partial charge in [-0.05, 0) is 29.8 Å². The van der Waals surface area contributed by atoms with E-state index in [-0.39, 0.29) is 12.4 Å². The van der Waals surface area contributed by atoms with Crippen molar-refractivity contribution < 1.29 is 9.50 Å². The molecule has 0 aromatic heterocycles. The average molecular weight is 286 g/mol. The van der Waals surface area contributed by atoms with Crippen molar-refractivity contribution in [1.29, 1.82) is 0 Å². The number of thioether (sulfide) groups is 1. The molecule has 0 aliphatic heterocycles. The third-order valence-corrected chi connectivity index (χ3v) is 3.71. The van der Waals surface area contributed by atoms with Gasteiger partial charge in [-0.1, -0.05) is 36.1 Å². The average Bonchev–Trinajstić information content (AvgIpc) is 2.47. The molecule has 0 spiro atoms. The number of halogens is 1. The predicted molar refractivity (Wildman–Crippen MR) is 81.0 cm³/mol. The molecule has 0 bridgehead atoms. The molecule has 3 heteroatoms. The summed E-state index contributed by atoms with van der Waals surface area (Å²) in [5, 5.41) is 8.75. The Morgan fingerprint density at radius 1 is 1.10 bits per heavy atom. The maximum Gasteiger partial charge on any atom is 0.124 e. The maximum absolute atomic E-state index is 13.1. The summed E-state index contributed by atoms with van der Waals surface area (Å²) in [4.78, 5) is 0.906. The molecule has 1 N–H and O–H groups in total. The summed E-state index contributed by atoms with van der Waals surface area (Å²) in [5.41, 5.74) is 2.08. The number of aliphatic hydroxyl groups is 1. The molecule has 102 valence electrons. The van der Waals surface area contributed by atoms with E-state index in [1.54, 1.807) is 17.8 Å². The zero-order valence-electron chi connectivity index (χ0n) is 11.0. The summed E-state index contributed by atoms with van der Waals surface area (Å²) < 4.78 is 13.1. The first-order valence-corrected chi connectivity index (χ1v) is 7.34. The first-order chi connectivity index (χ1) is 9.79. The fourth-order valence-electron chi connectivity index (χ4n) is 1.70. The smallest absolute Gasteiger partial charge is 0.124 e. The molecule has 0 saturated heterocycles. The second-order valence-electron chi connectivity index (χ2n) is 4.18. The minimum Gasteiger partial charge on any atom is -0.395 e. The van der Waals surface area contributed by atoms with Crippen molar-refractivity contribution in [1.82, 2.24) is 0 Å². The maximum atomic E-state index is 13.1. The molecule has 0 amide bonds. The normalized spacial score (nSPS) is 9.90. The summed E-state index contributed by atoms with van der Waals surface area (Å²) in [6.07, 6.45) is 0.478. The molecule has 0 fully saturated rings. The molecule has 20 heavy (non-hydrogen) atoms. The third-order valence-electron chi connectivity index (χ3n) is 2.67. The van der Waals surface area contributed by atoms with Gasteiger partial charge in [0, 0.05) is 22.6 Å². The molecule has 0 saturated carbocycles. The molecule has 0 unspecified atom stereocenters. The fraction of sp³-hybridized carbons (Fsp3) is 0.176. The van der Waals surface area contributed by atoms with Crippen molar-refractivity contribution in [2.24, 2.45) is 0 Å². The van der Waals surface area contributed by atoms with E-state index in [0.29, 0.717) is 6.42 Å². The van der Waals surface area contributed by atoms with Gasteiger partial charge in [0.25, 0.3) is 0 Å². The van der Waals surface area contributed by atoms with Crippen LogP contribution in [-0.2, 0) is 5.75 Å². The lowest BCUT2D eigenvalue weighted by Gasteiger charge is -2.05. The lowest BCUT2D eigenvalue weighted by atomic mass is 10.1. The quantitative estimate of drug-likeness (QED) is 0.680. The fourth-order valence-corrected chi connectivity index (χ4v) is 2.64. The van der Waals surface area contributed by atoms with E-state index >= 15 is 0 Å².